The first-order valence-electron chi connectivity index (χ1n) is 7.32. The Morgan fingerprint density at radius 2 is 1.92 bits per heavy atom. The highest BCUT2D eigenvalue weighted by Gasteiger charge is 2.39. The Morgan fingerprint density at radius 3 is 2.56 bits per heavy atom. The Kier molecular flexibility index (Phi) is 4.83. The van der Waals surface area contributed by atoms with Gasteiger partial charge in [0.15, 0.2) is 0 Å². The normalized spacial score (nSPS) is 17.1. The Morgan fingerprint density at radius 1 is 1.16 bits per heavy atom. The van der Waals surface area contributed by atoms with Crippen molar-refractivity contribution in [3.63, 3.8) is 0 Å². The van der Waals surface area contributed by atoms with Crippen molar-refractivity contribution in [3.05, 3.63) is 52.3 Å². The van der Waals surface area contributed by atoms with Crippen molar-refractivity contribution in [2.45, 2.75) is 12.5 Å². The van der Waals surface area contributed by atoms with Crippen molar-refractivity contribution >= 4 is 46.4 Å². The Labute approximate surface area is 153 Å². The smallest absolute Gasteiger partial charge is 0.256 e. The lowest BCUT2D eigenvalue weighted by molar-refractivity contribution is -0.121. The van der Waals surface area contributed by atoms with Gasteiger partial charge < -0.3 is 10.1 Å². The summed E-state index contributed by atoms with van der Waals surface area (Å²) in [5.41, 5.74) is 0.814. The maximum atomic E-state index is 13.3. The molecule has 0 saturated carbocycles. The molecule has 2 amide bonds. The number of halogens is 3. The van der Waals surface area contributed by atoms with E-state index in [1.807, 2.05) is 0 Å². The Hall–Kier alpha value is -2.31. The van der Waals surface area contributed by atoms with Crippen LogP contribution in [-0.2, 0) is 9.59 Å². The van der Waals surface area contributed by atoms with Gasteiger partial charge in [-0.25, -0.2) is 9.29 Å². The second-order valence-electron chi connectivity index (χ2n) is 5.42. The van der Waals surface area contributed by atoms with Gasteiger partial charge in [-0.1, -0.05) is 23.2 Å². The zero-order valence-corrected chi connectivity index (χ0v) is 14.6. The Balaban J connectivity index is 1.81. The molecule has 5 nitrogen and oxygen atoms in total. The van der Waals surface area contributed by atoms with Crippen molar-refractivity contribution in [3.8, 4) is 5.75 Å². The monoisotopic (exact) mass is 382 g/mol. The molecule has 1 aliphatic rings. The molecule has 3 rings (SSSR count). The highest BCUT2D eigenvalue weighted by Crippen LogP contribution is 2.31. The number of hydrogen-bond acceptors (Lipinski definition) is 4. The van der Waals surface area contributed by atoms with Crippen LogP contribution in [0.3, 0.4) is 0 Å². The average molecular weight is 383 g/mol. The molecule has 8 heteroatoms. The number of anilines is 2. The molecule has 1 N–H and O–H groups in total. The molecule has 0 spiro atoms. The number of carbonyl (C=O) groups excluding carboxylic acids is 2. The summed E-state index contributed by atoms with van der Waals surface area (Å²) < 4.78 is 18.4. The van der Waals surface area contributed by atoms with Crippen LogP contribution in [0.1, 0.15) is 6.42 Å². The maximum Gasteiger partial charge on any atom is 0.256 e. The molecular weight excluding hydrogens is 370 g/mol. The van der Waals surface area contributed by atoms with E-state index in [9.17, 15) is 14.0 Å². The molecule has 0 aromatic heterocycles. The van der Waals surface area contributed by atoms with Crippen molar-refractivity contribution < 1.29 is 18.7 Å². The number of imide groups is 1. The van der Waals surface area contributed by atoms with E-state index in [2.05, 4.69) is 5.32 Å². The van der Waals surface area contributed by atoms with E-state index in [1.165, 1.54) is 19.2 Å². The van der Waals surface area contributed by atoms with Crippen LogP contribution in [0.15, 0.2) is 36.4 Å². The molecule has 1 aliphatic heterocycles. The van der Waals surface area contributed by atoms with E-state index in [1.54, 1.807) is 18.2 Å². The molecule has 130 valence electrons. The molecule has 2 aromatic rings. The molecule has 2 aromatic carbocycles. The largest absolute Gasteiger partial charge is 0.495 e. The third-order valence-electron chi connectivity index (χ3n) is 3.80. The highest BCUT2D eigenvalue weighted by atomic mass is 35.5. The van der Waals surface area contributed by atoms with E-state index in [0.717, 1.165) is 11.0 Å². The topological polar surface area (TPSA) is 58.6 Å². The first-order chi connectivity index (χ1) is 11.9. The molecule has 25 heavy (non-hydrogen) atoms. The first kappa shape index (κ1) is 17.5. The number of amides is 2. The Bertz CT molecular complexity index is 860. The fourth-order valence-corrected chi connectivity index (χ4v) is 3.03. The summed E-state index contributed by atoms with van der Waals surface area (Å²) in [4.78, 5) is 25.8. The minimum absolute atomic E-state index is 0.0303. The zero-order valence-electron chi connectivity index (χ0n) is 13.1. The van der Waals surface area contributed by atoms with Crippen molar-refractivity contribution in [2.75, 3.05) is 17.3 Å². The van der Waals surface area contributed by atoms with E-state index >= 15 is 0 Å². The second-order valence-corrected chi connectivity index (χ2v) is 6.23. The van der Waals surface area contributed by atoms with Crippen LogP contribution in [0.4, 0.5) is 15.8 Å². The van der Waals surface area contributed by atoms with Gasteiger partial charge in [-0.05, 0) is 36.4 Å². The molecule has 1 atom stereocenters. The zero-order chi connectivity index (χ0) is 18.1. The van der Waals surface area contributed by atoms with E-state index < -0.39 is 23.7 Å². The van der Waals surface area contributed by atoms with E-state index in [4.69, 9.17) is 27.9 Å². The van der Waals surface area contributed by atoms with Crippen molar-refractivity contribution in [1.82, 2.24) is 0 Å². The maximum absolute atomic E-state index is 13.3. The van der Waals surface area contributed by atoms with Gasteiger partial charge in [-0.2, -0.15) is 0 Å². The number of nitrogens with one attached hydrogen (secondary N) is 1. The second kappa shape index (κ2) is 6.90. The molecule has 0 bridgehead atoms. The number of benzene rings is 2. The van der Waals surface area contributed by atoms with Crippen LogP contribution in [0.5, 0.6) is 5.75 Å². The highest BCUT2D eigenvalue weighted by molar-refractivity contribution is 6.32. The van der Waals surface area contributed by atoms with Crippen molar-refractivity contribution in [2.24, 2.45) is 0 Å². The van der Waals surface area contributed by atoms with Gasteiger partial charge in [0.1, 0.15) is 17.6 Å². The lowest BCUT2D eigenvalue weighted by Gasteiger charge is -2.17. The van der Waals surface area contributed by atoms with Gasteiger partial charge >= 0.3 is 0 Å². The van der Waals surface area contributed by atoms with Gasteiger partial charge in [0, 0.05) is 5.69 Å². The van der Waals surface area contributed by atoms with Gasteiger partial charge in [0.2, 0.25) is 5.91 Å². The number of methoxy groups -OCH3 is 1. The van der Waals surface area contributed by atoms with Gasteiger partial charge in [0.25, 0.3) is 5.91 Å². The summed E-state index contributed by atoms with van der Waals surface area (Å²) in [5.74, 6) is -0.958. The number of hydrogen-bond donors (Lipinski definition) is 1. The molecule has 1 saturated heterocycles. The number of carbonyl (C=O) groups is 2. The number of nitrogens with zero attached hydrogens (tertiary/aromatic N) is 1. The summed E-state index contributed by atoms with van der Waals surface area (Å²) >= 11 is 11.8. The summed E-state index contributed by atoms with van der Waals surface area (Å²) in [5, 5.41) is 3.20. The molecule has 1 heterocycles. The quantitative estimate of drug-likeness (QED) is 0.815. The molecular formula is C17H13Cl2FN2O3. The predicted octanol–water partition coefficient (Wildman–Crippen LogP) is 3.89. The van der Waals surface area contributed by atoms with Crippen LogP contribution in [0.25, 0.3) is 0 Å². The van der Waals surface area contributed by atoms with Crippen LogP contribution >= 0.6 is 23.2 Å². The SMILES string of the molecule is COc1ccc(N[C@H]2CC(=O)N(c3ccc(F)c(Cl)c3)C2=O)cc1Cl. The standard InChI is InChI=1S/C17H13Cl2FN2O3/c1-25-15-5-2-9(6-12(15)19)21-14-8-16(23)22(17(14)24)10-3-4-13(20)11(18)7-10/h2-7,14,21H,8H2,1H3/t14-/m0/s1. The third-order valence-corrected chi connectivity index (χ3v) is 4.39. The van der Waals surface area contributed by atoms with Crippen LogP contribution in [0, 0.1) is 5.82 Å². The molecule has 0 radical (unpaired) electrons. The molecule has 0 aliphatic carbocycles. The van der Waals surface area contributed by atoms with Crippen molar-refractivity contribution in [1.29, 1.82) is 0 Å². The molecule has 1 fully saturated rings. The van der Waals surface area contributed by atoms with Gasteiger partial charge in [0.05, 0.1) is 29.3 Å². The fourth-order valence-electron chi connectivity index (χ4n) is 2.60. The summed E-state index contributed by atoms with van der Waals surface area (Å²) in [6.45, 7) is 0. The van der Waals surface area contributed by atoms with Gasteiger partial charge in [-0.15, -0.1) is 0 Å². The number of ether oxygens (including phenoxy) is 1. The summed E-state index contributed by atoms with van der Waals surface area (Å²) in [6, 6.07) is 7.91. The minimum atomic E-state index is -0.749. The van der Waals surface area contributed by atoms with Gasteiger partial charge in [-0.3, -0.25) is 9.59 Å². The first-order valence-corrected chi connectivity index (χ1v) is 8.08. The van der Waals surface area contributed by atoms with E-state index in [-0.39, 0.29) is 17.1 Å². The van der Waals surface area contributed by atoms with Crippen LogP contribution < -0.4 is 15.0 Å². The third kappa shape index (κ3) is 3.41. The van der Waals surface area contributed by atoms with E-state index in [0.29, 0.717) is 16.5 Å². The lowest BCUT2D eigenvalue weighted by atomic mass is 10.2. The predicted molar refractivity (Wildman–Crippen MR) is 93.9 cm³/mol. The molecule has 0 unspecified atom stereocenters. The lowest BCUT2D eigenvalue weighted by Crippen LogP contribution is -2.34. The van der Waals surface area contributed by atoms with Crippen LogP contribution in [-0.4, -0.2) is 25.0 Å². The van der Waals surface area contributed by atoms with Crippen LogP contribution in [0.2, 0.25) is 10.0 Å². The number of rotatable bonds is 4. The summed E-state index contributed by atoms with van der Waals surface area (Å²) in [6.07, 6.45) is -0.0303. The summed E-state index contributed by atoms with van der Waals surface area (Å²) in [7, 11) is 1.50. The fraction of sp³-hybridized carbons (Fsp3) is 0.176. The minimum Gasteiger partial charge on any atom is -0.495 e. The average Bonchev–Trinajstić information content (AvgIpc) is 2.84.